The lowest BCUT2D eigenvalue weighted by atomic mass is 9.97. The summed E-state index contributed by atoms with van der Waals surface area (Å²) in [6.45, 7) is 2.56. The molecule has 1 aromatic heterocycles. The molecule has 0 aliphatic carbocycles. The van der Waals surface area contributed by atoms with Crippen LogP contribution in [0.25, 0.3) is 0 Å². The van der Waals surface area contributed by atoms with Gasteiger partial charge in [-0.15, -0.1) is 10.2 Å². The van der Waals surface area contributed by atoms with Crippen molar-refractivity contribution in [3.63, 3.8) is 0 Å². The van der Waals surface area contributed by atoms with Crippen LogP contribution >= 0.6 is 0 Å². The van der Waals surface area contributed by atoms with E-state index in [1.165, 1.54) is 6.07 Å². The summed E-state index contributed by atoms with van der Waals surface area (Å²) in [5, 5.41) is 6.65. The van der Waals surface area contributed by atoms with Gasteiger partial charge >= 0.3 is 6.18 Å². The van der Waals surface area contributed by atoms with Gasteiger partial charge in [0.1, 0.15) is 6.17 Å². The summed E-state index contributed by atoms with van der Waals surface area (Å²) in [5.74, 6) is 0.265. The zero-order chi connectivity index (χ0) is 13.3. The van der Waals surface area contributed by atoms with Gasteiger partial charge in [-0.3, -0.25) is 0 Å². The highest BCUT2D eigenvalue weighted by Crippen LogP contribution is 2.28. The Balaban J connectivity index is 2.11. The molecule has 0 N–H and O–H groups in total. The molecule has 2 atom stereocenters. The van der Waals surface area contributed by atoms with Crippen molar-refractivity contribution >= 4 is 5.82 Å². The van der Waals surface area contributed by atoms with Gasteiger partial charge in [-0.25, -0.2) is 4.39 Å². The number of rotatable bonds is 1. The number of hydrogen-bond donors (Lipinski definition) is 0. The first-order valence-corrected chi connectivity index (χ1v) is 5.68. The molecule has 3 nitrogen and oxygen atoms in total. The van der Waals surface area contributed by atoms with Gasteiger partial charge in [0.15, 0.2) is 11.5 Å². The molecule has 0 radical (unpaired) electrons. The lowest BCUT2D eigenvalue weighted by Crippen LogP contribution is -2.41. The largest absolute Gasteiger partial charge is 0.435 e. The van der Waals surface area contributed by atoms with Gasteiger partial charge in [-0.05, 0) is 24.5 Å². The lowest BCUT2D eigenvalue weighted by Gasteiger charge is -2.33. The first kappa shape index (κ1) is 13.0. The SMILES string of the molecule is CC1CCN(c2ccc(C(F)(F)F)nn2)CC1F. The van der Waals surface area contributed by atoms with Gasteiger partial charge in [-0.1, -0.05) is 6.92 Å². The zero-order valence-electron chi connectivity index (χ0n) is 9.78. The second-order valence-electron chi connectivity index (χ2n) is 4.50. The maximum absolute atomic E-state index is 13.5. The van der Waals surface area contributed by atoms with Crippen molar-refractivity contribution < 1.29 is 17.6 Å². The Bertz CT molecular complexity index is 404. The highest BCUT2D eigenvalue weighted by Gasteiger charge is 2.33. The molecule has 1 aromatic rings. The van der Waals surface area contributed by atoms with Crippen LogP contribution in [0.5, 0.6) is 0 Å². The minimum absolute atomic E-state index is 0.0244. The van der Waals surface area contributed by atoms with E-state index in [9.17, 15) is 17.6 Å². The van der Waals surface area contributed by atoms with Crippen molar-refractivity contribution in [3.8, 4) is 0 Å². The number of alkyl halides is 4. The standard InChI is InChI=1S/C11H13F4N3/c1-7-4-5-18(6-8(7)12)10-3-2-9(16-17-10)11(13,14)15/h2-3,7-8H,4-6H2,1H3. The fraction of sp³-hybridized carbons (Fsp3) is 0.636. The molecule has 2 unspecified atom stereocenters. The summed E-state index contributed by atoms with van der Waals surface area (Å²) in [5.41, 5.74) is -1.03. The third-order valence-electron chi connectivity index (χ3n) is 3.13. The molecule has 18 heavy (non-hydrogen) atoms. The molecule has 0 saturated carbocycles. The molecule has 1 aliphatic rings. The molecule has 2 heterocycles. The minimum Gasteiger partial charge on any atom is -0.352 e. The quantitative estimate of drug-likeness (QED) is 0.729. The summed E-state index contributed by atoms with van der Waals surface area (Å²) >= 11 is 0. The Labute approximate surface area is 102 Å². The summed E-state index contributed by atoms with van der Waals surface area (Å²) in [6, 6.07) is 2.10. The molecule has 0 aromatic carbocycles. The van der Waals surface area contributed by atoms with E-state index in [0.29, 0.717) is 13.0 Å². The maximum Gasteiger partial charge on any atom is 0.435 e. The molecule has 100 valence electrons. The van der Waals surface area contributed by atoms with E-state index in [2.05, 4.69) is 10.2 Å². The van der Waals surface area contributed by atoms with Gasteiger partial charge in [0.05, 0.1) is 6.54 Å². The minimum atomic E-state index is -4.50. The van der Waals surface area contributed by atoms with Crippen molar-refractivity contribution in [3.05, 3.63) is 17.8 Å². The fourth-order valence-corrected chi connectivity index (χ4v) is 1.88. The van der Waals surface area contributed by atoms with Crippen LogP contribution in [0.15, 0.2) is 12.1 Å². The summed E-state index contributed by atoms with van der Waals surface area (Å²) in [4.78, 5) is 1.62. The lowest BCUT2D eigenvalue weighted by molar-refractivity contribution is -0.141. The van der Waals surface area contributed by atoms with E-state index in [1.807, 2.05) is 6.92 Å². The number of hydrogen-bond acceptors (Lipinski definition) is 3. The molecule has 1 fully saturated rings. The molecule has 1 saturated heterocycles. The Morgan fingerprint density at radius 3 is 2.50 bits per heavy atom. The van der Waals surface area contributed by atoms with Crippen molar-refractivity contribution in [1.29, 1.82) is 0 Å². The van der Waals surface area contributed by atoms with Crippen LogP contribution in [0.2, 0.25) is 0 Å². The number of aromatic nitrogens is 2. The normalized spacial score (nSPS) is 25.3. The van der Waals surface area contributed by atoms with Crippen LogP contribution in [0.4, 0.5) is 23.4 Å². The van der Waals surface area contributed by atoms with Crippen LogP contribution in [-0.2, 0) is 6.18 Å². The van der Waals surface area contributed by atoms with E-state index in [4.69, 9.17) is 0 Å². The topological polar surface area (TPSA) is 29.0 Å². The molecule has 0 bridgehead atoms. The summed E-state index contributed by atoms with van der Waals surface area (Å²) in [7, 11) is 0. The van der Waals surface area contributed by atoms with E-state index in [0.717, 1.165) is 6.07 Å². The van der Waals surface area contributed by atoms with Crippen molar-refractivity contribution in [2.75, 3.05) is 18.0 Å². The van der Waals surface area contributed by atoms with Gasteiger partial charge in [0.2, 0.25) is 0 Å². The van der Waals surface area contributed by atoms with Crippen LogP contribution in [0, 0.1) is 5.92 Å². The Morgan fingerprint density at radius 2 is 2.00 bits per heavy atom. The first-order valence-electron chi connectivity index (χ1n) is 5.68. The fourth-order valence-electron chi connectivity index (χ4n) is 1.88. The van der Waals surface area contributed by atoms with Crippen LogP contribution in [-0.4, -0.2) is 29.5 Å². The molecular formula is C11H13F4N3. The van der Waals surface area contributed by atoms with Crippen LogP contribution < -0.4 is 4.90 Å². The Morgan fingerprint density at radius 1 is 1.28 bits per heavy atom. The number of halogens is 4. The third-order valence-corrected chi connectivity index (χ3v) is 3.13. The molecule has 0 spiro atoms. The van der Waals surface area contributed by atoms with Gasteiger partial charge in [0.25, 0.3) is 0 Å². The van der Waals surface area contributed by atoms with Crippen LogP contribution in [0.1, 0.15) is 19.0 Å². The Hall–Kier alpha value is -1.40. The predicted octanol–water partition coefficient (Wildman–Crippen LogP) is 2.68. The van der Waals surface area contributed by atoms with Gasteiger partial charge < -0.3 is 4.90 Å². The van der Waals surface area contributed by atoms with E-state index in [1.54, 1.807) is 4.90 Å². The highest BCUT2D eigenvalue weighted by molar-refractivity contribution is 5.38. The van der Waals surface area contributed by atoms with Crippen molar-refractivity contribution in [2.45, 2.75) is 25.7 Å². The number of anilines is 1. The van der Waals surface area contributed by atoms with Crippen molar-refractivity contribution in [1.82, 2.24) is 10.2 Å². The van der Waals surface area contributed by atoms with Crippen LogP contribution in [0.3, 0.4) is 0 Å². The molecule has 7 heteroatoms. The summed E-state index contributed by atoms with van der Waals surface area (Å²) in [6.07, 6.45) is -4.82. The van der Waals surface area contributed by atoms with Gasteiger partial charge in [-0.2, -0.15) is 13.2 Å². The maximum atomic E-state index is 13.5. The van der Waals surface area contributed by atoms with Crippen molar-refractivity contribution in [2.24, 2.45) is 5.92 Å². The number of piperidine rings is 1. The predicted molar refractivity (Wildman–Crippen MR) is 57.9 cm³/mol. The number of nitrogens with zero attached hydrogens (tertiary/aromatic N) is 3. The molecule has 2 rings (SSSR count). The molecule has 0 amide bonds. The second-order valence-corrected chi connectivity index (χ2v) is 4.50. The average molecular weight is 263 g/mol. The average Bonchev–Trinajstić information content (AvgIpc) is 2.32. The monoisotopic (exact) mass is 263 g/mol. The third kappa shape index (κ3) is 2.70. The molecular weight excluding hydrogens is 250 g/mol. The first-order chi connectivity index (χ1) is 8.38. The van der Waals surface area contributed by atoms with E-state index >= 15 is 0 Å². The van der Waals surface area contributed by atoms with Gasteiger partial charge in [0, 0.05) is 6.54 Å². The zero-order valence-corrected chi connectivity index (χ0v) is 9.78. The van der Waals surface area contributed by atoms with E-state index in [-0.39, 0.29) is 18.3 Å². The molecule has 1 aliphatic heterocycles. The summed E-state index contributed by atoms with van der Waals surface area (Å²) < 4.78 is 50.4. The second kappa shape index (κ2) is 4.70. The smallest absolute Gasteiger partial charge is 0.352 e. The van der Waals surface area contributed by atoms with E-state index < -0.39 is 18.0 Å². The highest BCUT2D eigenvalue weighted by atomic mass is 19.4. The Kier molecular flexibility index (Phi) is 3.41.